The standard InChI is InChI=1S/C16H18BrN7.C3H8.C2H6/c17-13-11-21-24-14(20-10-12-2-1-3-19-9-12)8-15(22-16(13)24)23-6-4-18-5-7-23;1-3-2;1-2/h1-3,8-9,11,18,20H,4-7,10H2;3H2,1-2H3;1-2H3. The molecular weight excluding hydrogens is 430 g/mol. The molecule has 1 aliphatic rings. The summed E-state index contributed by atoms with van der Waals surface area (Å²) in [6.07, 6.45) is 6.67. The molecule has 8 heteroatoms. The van der Waals surface area contributed by atoms with Crippen LogP contribution in [0.2, 0.25) is 0 Å². The van der Waals surface area contributed by atoms with Crippen LogP contribution in [0.15, 0.2) is 41.3 Å². The van der Waals surface area contributed by atoms with Gasteiger partial charge in [0.1, 0.15) is 11.6 Å². The van der Waals surface area contributed by atoms with Gasteiger partial charge in [-0.25, -0.2) is 4.98 Å². The summed E-state index contributed by atoms with van der Waals surface area (Å²) in [5.41, 5.74) is 1.94. The van der Waals surface area contributed by atoms with Crippen LogP contribution in [-0.4, -0.2) is 45.8 Å². The number of rotatable bonds is 4. The first kappa shape index (κ1) is 23.1. The summed E-state index contributed by atoms with van der Waals surface area (Å²) in [5, 5.41) is 11.2. The molecule has 2 N–H and O–H groups in total. The molecule has 1 fully saturated rings. The Kier molecular flexibility index (Phi) is 9.87. The van der Waals surface area contributed by atoms with Gasteiger partial charge in [-0.05, 0) is 27.6 Å². The molecule has 0 atom stereocenters. The highest BCUT2D eigenvalue weighted by Gasteiger charge is 2.16. The second-order valence-corrected chi connectivity index (χ2v) is 7.24. The van der Waals surface area contributed by atoms with Gasteiger partial charge in [-0.2, -0.15) is 9.61 Å². The first-order valence-corrected chi connectivity index (χ1v) is 11.1. The summed E-state index contributed by atoms with van der Waals surface area (Å²) in [6.45, 7) is 12.8. The minimum atomic E-state index is 0.686. The van der Waals surface area contributed by atoms with Crippen LogP contribution >= 0.6 is 15.9 Å². The molecule has 0 radical (unpaired) electrons. The lowest BCUT2D eigenvalue weighted by molar-refractivity contribution is 0.585. The van der Waals surface area contributed by atoms with Crippen molar-refractivity contribution in [2.45, 2.75) is 40.7 Å². The monoisotopic (exact) mass is 461 g/mol. The average molecular weight is 462 g/mol. The lowest BCUT2D eigenvalue weighted by Crippen LogP contribution is -2.44. The summed E-state index contributed by atoms with van der Waals surface area (Å²) in [6, 6.07) is 6.05. The zero-order valence-electron chi connectivity index (χ0n) is 17.8. The number of pyridine rings is 1. The van der Waals surface area contributed by atoms with E-state index in [1.54, 1.807) is 12.4 Å². The SMILES string of the molecule is Brc1cnn2c(NCc3cccnc3)cc(N3CCNCC3)nc12.CC.CCC. The average Bonchev–Trinajstić information content (AvgIpc) is 3.16. The van der Waals surface area contributed by atoms with Crippen molar-refractivity contribution in [3.63, 3.8) is 0 Å². The van der Waals surface area contributed by atoms with E-state index in [4.69, 9.17) is 4.98 Å². The molecule has 1 saturated heterocycles. The van der Waals surface area contributed by atoms with E-state index in [2.05, 4.69) is 67.5 Å². The van der Waals surface area contributed by atoms with Gasteiger partial charge in [-0.15, -0.1) is 0 Å². The van der Waals surface area contributed by atoms with Crippen LogP contribution in [0.25, 0.3) is 5.65 Å². The smallest absolute Gasteiger partial charge is 0.173 e. The molecular formula is C21H32BrN7. The normalized spacial score (nSPS) is 13.2. The first-order valence-electron chi connectivity index (χ1n) is 10.4. The molecule has 4 heterocycles. The Morgan fingerprint density at radius 2 is 1.90 bits per heavy atom. The van der Waals surface area contributed by atoms with Crippen LogP contribution in [0, 0.1) is 0 Å². The Labute approximate surface area is 182 Å². The number of hydrogen-bond donors (Lipinski definition) is 2. The van der Waals surface area contributed by atoms with Crippen molar-refractivity contribution >= 4 is 33.2 Å². The maximum atomic E-state index is 4.77. The fourth-order valence-electron chi connectivity index (χ4n) is 2.80. The van der Waals surface area contributed by atoms with Crippen LogP contribution in [-0.2, 0) is 6.54 Å². The lowest BCUT2D eigenvalue weighted by atomic mass is 10.3. The molecule has 0 bridgehead atoms. The van der Waals surface area contributed by atoms with E-state index in [0.717, 1.165) is 53.5 Å². The van der Waals surface area contributed by atoms with Crippen LogP contribution in [0.1, 0.15) is 39.7 Å². The van der Waals surface area contributed by atoms with E-state index in [0.29, 0.717) is 6.54 Å². The molecule has 7 nitrogen and oxygen atoms in total. The highest BCUT2D eigenvalue weighted by molar-refractivity contribution is 9.10. The molecule has 4 rings (SSSR count). The third kappa shape index (κ3) is 6.40. The van der Waals surface area contributed by atoms with E-state index >= 15 is 0 Å². The quantitative estimate of drug-likeness (QED) is 0.601. The highest BCUT2D eigenvalue weighted by atomic mass is 79.9. The summed E-state index contributed by atoms with van der Waals surface area (Å²) in [7, 11) is 0. The third-order valence-corrected chi connectivity index (χ3v) is 4.61. The van der Waals surface area contributed by atoms with Gasteiger partial charge in [0.05, 0.1) is 10.7 Å². The van der Waals surface area contributed by atoms with E-state index in [1.165, 1.54) is 6.42 Å². The number of halogens is 1. The van der Waals surface area contributed by atoms with Gasteiger partial charge in [0, 0.05) is 51.2 Å². The van der Waals surface area contributed by atoms with Gasteiger partial charge >= 0.3 is 0 Å². The first-order chi connectivity index (χ1) is 14.2. The molecule has 0 amide bonds. The zero-order valence-corrected chi connectivity index (χ0v) is 19.4. The van der Waals surface area contributed by atoms with Crippen molar-refractivity contribution in [2.24, 2.45) is 0 Å². The van der Waals surface area contributed by atoms with Crippen LogP contribution < -0.4 is 15.5 Å². The molecule has 0 aliphatic carbocycles. The summed E-state index contributed by atoms with van der Waals surface area (Å²) in [5.74, 6) is 1.89. The maximum Gasteiger partial charge on any atom is 0.173 e. The molecule has 3 aromatic rings. The van der Waals surface area contributed by atoms with Crippen LogP contribution in [0.5, 0.6) is 0 Å². The fourth-order valence-corrected chi connectivity index (χ4v) is 3.15. The Balaban J connectivity index is 0.000000551. The number of aromatic nitrogens is 4. The van der Waals surface area contributed by atoms with Gasteiger partial charge in [0.15, 0.2) is 5.65 Å². The van der Waals surface area contributed by atoms with E-state index in [-0.39, 0.29) is 0 Å². The van der Waals surface area contributed by atoms with Crippen molar-refractivity contribution in [2.75, 3.05) is 36.4 Å². The van der Waals surface area contributed by atoms with Crippen LogP contribution in [0.4, 0.5) is 11.6 Å². The topological polar surface area (TPSA) is 70.4 Å². The molecule has 1 aliphatic heterocycles. The minimum absolute atomic E-state index is 0.686. The second-order valence-electron chi connectivity index (χ2n) is 6.39. The predicted octanol–water partition coefficient (Wildman–Crippen LogP) is 4.35. The summed E-state index contributed by atoms with van der Waals surface area (Å²) >= 11 is 3.54. The zero-order chi connectivity index (χ0) is 21.1. The summed E-state index contributed by atoms with van der Waals surface area (Å²) in [4.78, 5) is 11.2. The molecule has 158 valence electrons. The molecule has 29 heavy (non-hydrogen) atoms. The number of hydrogen-bond acceptors (Lipinski definition) is 6. The van der Waals surface area contributed by atoms with Gasteiger partial charge in [-0.1, -0.05) is 40.2 Å². The van der Waals surface area contributed by atoms with Gasteiger partial charge in [0.2, 0.25) is 0 Å². The van der Waals surface area contributed by atoms with Gasteiger partial charge < -0.3 is 15.5 Å². The van der Waals surface area contributed by atoms with Crippen molar-refractivity contribution in [3.8, 4) is 0 Å². The van der Waals surface area contributed by atoms with Gasteiger partial charge in [0.25, 0.3) is 0 Å². The number of anilines is 2. The molecule has 0 unspecified atom stereocenters. The Bertz CT molecular complexity index is 845. The Hall–Kier alpha value is -2.19. The third-order valence-electron chi connectivity index (χ3n) is 4.05. The molecule has 0 aromatic carbocycles. The van der Waals surface area contributed by atoms with Gasteiger partial charge in [-0.3, -0.25) is 4.98 Å². The van der Waals surface area contributed by atoms with Crippen molar-refractivity contribution in [1.29, 1.82) is 0 Å². The maximum absolute atomic E-state index is 4.77. The minimum Gasteiger partial charge on any atom is -0.366 e. The van der Waals surface area contributed by atoms with Crippen molar-refractivity contribution in [3.05, 3.63) is 46.8 Å². The lowest BCUT2D eigenvalue weighted by Gasteiger charge is -2.28. The Morgan fingerprint density at radius 1 is 1.17 bits per heavy atom. The predicted molar refractivity (Wildman–Crippen MR) is 125 cm³/mol. The van der Waals surface area contributed by atoms with E-state index < -0.39 is 0 Å². The largest absolute Gasteiger partial charge is 0.366 e. The highest BCUT2D eigenvalue weighted by Crippen LogP contribution is 2.25. The second kappa shape index (κ2) is 12.4. The van der Waals surface area contributed by atoms with Crippen molar-refractivity contribution < 1.29 is 0 Å². The molecule has 0 spiro atoms. The fraction of sp³-hybridized carbons (Fsp3) is 0.476. The van der Waals surface area contributed by atoms with E-state index in [9.17, 15) is 0 Å². The number of nitrogens with zero attached hydrogens (tertiary/aromatic N) is 5. The Morgan fingerprint density at radius 3 is 2.55 bits per heavy atom. The number of fused-ring (bicyclic) bond motifs is 1. The molecule has 3 aromatic heterocycles. The number of nitrogens with one attached hydrogen (secondary N) is 2. The van der Waals surface area contributed by atoms with Crippen molar-refractivity contribution in [1.82, 2.24) is 24.9 Å². The van der Waals surface area contributed by atoms with E-state index in [1.807, 2.05) is 30.6 Å². The summed E-state index contributed by atoms with van der Waals surface area (Å²) < 4.78 is 2.72. The number of piperazine rings is 1. The molecule has 0 saturated carbocycles. The van der Waals surface area contributed by atoms with Crippen LogP contribution in [0.3, 0.4) is 0 Å².